The highest BCUT2D eigenvalue weighted by atomic mass is 19.4. The molecule has 0 atom stereocenters. The Balaban J connectivity index is 2.07. The zero-order valence-corrected chi connectivity index (χ0v) is 9.85. The average Bonchev–Trinajstić information content (AvgIpc) is 2.82. The first-order valence-corrected chi connectivity index (χ1v) is 5.79. The molecule has 0 unspecified atom stereocenters. The number of para-hydroxylation sites is 1. The van der Waals surface area contributed by atoms with Gasteiger partial charge in [-0.15, -0.1) is 0 Å². The predicted molar refractivity (Wildman–Crippen MR) is 68.3 cm³/mol. The molecule has 19 heavy (non-hydrogen) atoms. The van der Waals surface area contributed by atoms with Crippen molar-refractivity contribution in [3.63, 3.8) is 0 Å². The van der Waals surface area contributed by atoms with Gasteiger partial charge in [0, 0.05) is 11.9 Å². The van der Waals surface area contributed by atoms with Crippen LogP contribution in [0.25, 0.3) is 16.6 Å². The van der Waals surface area contributed by atoms with Gasteiger partial charge in [-0.2, -0.15) is 13.2 Å². The van der Waals surface area contributed by atoms with Gasteiger partial charge < -0.3 is 4.57 Å². The standard InChI is InChI=1S/C15H10F3N/c16-15(17,18)12-5-7-13(8-6-12)19-10-9-11-3-1-2-4-14(11)19/h1-10H. The molecule has 1 aromatic heterocycles. The smallest absolute Gasteiger partial charge is 0.317 e. The first kappa shape index (κ1) is 11.8. The molecule has 1 heterocycles. The molecule has 0 radical (unpaired) electrons. The van der Waals surface area contributed by atoms with Crippen LogP contribution in [0.5, 0.6) is 0 Å². The van der Waals surface area contributed by atoms with Crippen molar-refractivity contribution in [3.8, 4) is 5.69 Å². The lowest BCUT2D eigenvalue weighted by Crippen LogP contribution is -2.04. The molecule has 2 aromatic carbocycles. The van der Waals surface area contributed by atoms with Gasteiger partial charge in [-0.1, -0.05) is 18.2 Å². The van der Waals surface area contributed by atoms with E-state index in [1.807, 2.05) is 41.1 Å². The van der Waals surface area contributed by atoms with Crippen LogP contribution < -0.4 is 0 Å². The highest BCUT2D eigenvalue weighted by Crippen LogP contribution is 2.30. The van der Waals surface area contributed by atoms with E-state index in [-0.39, 0.29) is 0 Å². The van der Waals surface area contributed by atoms with E-state index in [4.69, 9.17) is 0 Å². The summed E-state index contributed by atoms with van der Waals surface area (Å²) in [6.07, 6.45) is -2.44. The molecule has 0 aliphatic heterocycles. The van der Waals surface area contributed by atoms with Gasteiger partial charge in [0.1, 0.15) is 0 Å². The van der Waals surface area contributed by atoms with Crippen molar-refractivity contribution in [1.29, 1.82) is 0 Å². The number of nitrogens with zero attached hydrogens (tertiary/aromatic N) is 1. The van der Waals surface area contributed by atoms with Crippen molar-refractivity contribution in [2.45, 2.75) is 6.18 Å². The second-order valence-electron chi connectivity index (χ2n) is 4.29. The van der Waals surface area contributed by atoms with E-state index in [1.54, 1.807) is 0 Å². The third-order valence-corrected chi connectivity index (χ3v) is 3.07. The molecular formula is C15H10F3N. The second-order valence-corrected chi connectivity index (χ2v) is 4.29. The second kappa shape index (κ2) is 4.16. The summed E-state index contributed by atoms with van der Waals surface area (Å²) < 4.78 is 39.4. The number of hydrogen-bond donors (Lipinski definition) is 0. The molecule has 0 amide bonds. The van der Waals surface area contributed by atoms with E-state index in [2.05, 4.69) is 0 Å². The molecular weight excluding hydrogens is 251 g/mol. The zero-order chi connectivity index (χ0) is 13.5. The van der Waals surface area contributed by atoms with Crippen LogP contribution >= 0.6 is 0 Å². The Hall–Kier alpha value is -2.23. The van der Waals surface area contributed by atoms with Crippen molar-refractivity contribution in [2.24, 2.45) is 0 Å². The van der Waals surface area contributed by atoms with Crippen molar-refractivity contribution in [2.75, 3.05) is 0 Å². The van der Waals surface area contributed by atoms with E-state index < -0.39 is 11.7 Å². The lowest BCUT2D eigenvalue weighted by atomic mass is 10.2. The molecule has 4 heteroatoms. The Morgan fingerprint density at radius 2 is 1.47 bits per heavy atom. The van der Waals surface area contributed by atoms with E-state index in [9.17, 15) is 13.2 Å². The molecule has 0 aliphatic rings. The molecule has 0 saturated carbocycles. The Kier molecular flexibility index (Phi) is 2.59. The molecule has 3 aromatic rings. The third-order valence-electron chi connectivity index (χ3n) is 3.07. The van der Waals surface area contributed by atoms with Crippen molar-refractivity contribution in [1.82, 2.24) is 4.57 Å². The number of fused-ring (bicyclic) bond motifs is 1. The van der Waals surface area contributed by atoms with Crippen LogP contribution in [-0.2, 0) is 6.18 Å². The minimum Gasteiger partial charge on any atom is -0.317 e. The third kappa shape index (κ3) is 2.10. The van der Waals surface area contributed by atoms with Gasteiger partial charge in [-0.25, -0.2) is 0 Å². The van der Waals surface area contributed by atoms with Gasteiger partial charge in [0.2, 0.25) is 0 Å². The van der Waals surface area contributed by atoms with Crippen LogP contribution in [0, 0.1) is 0 Å². The van der Waals surface area contributed by atoms with Crippen LogP contribution in [0.2, 0.25) is 0 Å². The van der Waals surface area contributed by atoms with E-state index >= 15 is 0 Å². The first-order valence-electron chi connectivity index (χ1n) is 5.79. The number of benzene rings is 2. The van der Waals surface area contributed by atoms with Crippen LogP contribution in [0.1, 0.15) is 5.56 Å². The molecule has 3 rings (SSSR count). The van der Waals surface area contributed by atoms with Crippen LogP contribution in [-0.4, -0.2) is 4.57 Å². The summed E-state index contributed by atoms with van der Waals surface area (Å²) in [5.41, 5.74) is 1.06. The Bertz CT molecular complexity index is 708. The highest BCUT2D eigenvalue weighted by molar-refractivity contribution is 5.81. The topological polar surface area (TPSA) is 4.93 Å². The SMILES string of the molecule is FC(F)(F)c1ccc(-n2ccc3ccccc32)cc1. The number of hydrogen-bond acceptors (Lipinski definition) is 0. The van der Waals surface area contributed by atoms with Crippen molar-refractivity contribution < 1.29 is 13.2 Å². The fourth-order valence-corrected chi connectivity index (χ4v) is 2.12. The molecule has 0 aliphatic carbocycles. The zero-order valence-electron chi connectivity index (χ0n) is 9.85. The Morgan fingerprint density at radius 1 is 0.789 bits per heavy atom. The molecule has 0 saturated heterocycles. The largest absolute Gasteiger partial charge is 0.416 e. The average molecular weight is 261 g/mol. The fourth-order valence-electron chi connectivity index (χ4n) is 2.12. The van der Waals surface area contributed by atoms with Crippen LogP contribution in [0.3, 0.4) is 0 Å². The molecule has 0 N–H and O–H groups in total. The van der Waals surface area contributed by atoms with Crippen LogP contribution in [0.4, 0.5) is 13.2 Å². The number of alkyl halides is 3. The maximum absolute atomic E-state index is 12.5. The Labute approximate surface area is 107 Å². The summed E-state index contributed by atoms with van der Waals surface area (Å²) in [6.45, 7) is 0. The lowest BCUT2D eigenvalue weighted by Gasteiger charge is -2.09. The highest BCUT2D eigenvalue weighted by Gasteiger charge is 2.29. The summed E-state index contributed by atoms with van der Waals surface area (Å²) in [6, 6.07) is 14.8. The molecule has 0 fully saturated rings. The summed E-state index contributed by atoms with van der Waals surface area (Å²) in [7, 11) is 0. The van der Waals surface area contributed by atoms with E-state index in [0.717, 1.165) is 23.0 Å². The van der Waals surface area contributed by atoms with Gasteiger partial charge in [0.15, 0.2) is 0 Å². The summed E-state index contributed by atoms with van der Waals surface area (Å²) in [5, 5.41) is 1.06. The quantitative estimate of drug-likeness (QED) is 0.601. The lowest BCUT2D eigenvalue weighted by molar-refractivity contribution is -0.137. The fraction of sp³-hybridized carbons (Fsp3) is 0.0667. The minimum atomic E-state index is -4.29. The molecule has 0 bridgehead atoms. The minimum absolute atomic E-state index is 0.632. The van der Waals surface area contributed by atoms with Gasteiger partial charge in [-0.05, 0) is 41.8 Å². The molecule has 96 valence electrons. The summed E-state index contributed by atoms with van der Waals surface area (Å²) in [4.78, 5) is 0. The predicted octanol–water partition coefficient (Wildman–Crippen LogP) is 4.65. The van der Waals surface area contributed by atoms with Gasteiger partial charge in [-0.3, -0.25) is 0 Å². The maximum Gasteiger partial charge on any atom is 0.416 e. The van der Waals surface area contributed by atoms with Crippen molar-refractivity contribution >= 4 is 10.9 Å². The molecule has 1 nitrogen and oxygen atoms in total. The Morgan fingerprint density at radius 3 is 2.16 bits per heavy atom. The van der Waals surface area contributed by atoms with E-state index in [1.165, 1.54) is 12.1 Å². The normalized spacial score (nSPS) is 11.9. The monoisotopic (exact) mass is 261 g/mol. The first-order chi connectivity index (χ1) is 9.05. The van der Waals surface area contributed by atoms with Crippen molar-refractivity contribution in [3.05, 3.63) is 66.4 Å². The number of rotatable bonds is 1. The van der Waals surface area contributed by atoms with Crippen LogP contribution in [0.15, 0.2) is 60.8 Å². The van der Waals surface area contributed by atoms with Gasteiger partial charge in [0.25, 0.3) is 0 Å². The maximum atomic E-state index is 12.5. The summed E-state index contributed by atoms with van der Waals surface area (Å²) in [5.74, 6) is 0. The van der Waals surface area contributed by atoms with E-state index in [0.29, 0.717) is 5.69 Å². The number of aromatic nitrogens is 1. The van der Waals surface area contributed by atoms with Gasteiger partial charge in [0.05, 0.1) is 11.1 Å². The molecule has 0 spiro atoms. The summed E-state index contributed by atoms with van der Waals surface area (Å²) >= 11 is 0. The number of halogens is 3. The van der Waals surface area contributed by atoms with Gasteiger partial charge >= 0.3 is 6.18 Å².